The first kappa shape index (κ1) is 16.5. The summed E-state index contributed by atoms with van der Waals surface area (Å²) in [4.78, 5) is 6.83. The molecule has 1 aromatic rings. The lowest BCUT2D eigenvalue weighted by atomic mass is 10.1. The van der Waals surface area contributed by atoms with E-state index in [9.17, 15) is 0 Å². The van der Waals surface area contributed by atoms with Gasteiger partial charge < -0.3 is 9.64 Å². The topological polar surface area (TPSA) is 24.8 Å². The van der Waals surface area contributed by atoms with Gasteiger partial charge in [0.05, 0.1) is 7.11 Å². The minimum absolute atomic E-state index is 0.881. The van der Waals surface area contributed by atoms with Crippen molar-refractivity contribution in [3.63, 3.8) is 0 Å². The summed E-state index contributed by atoms with van der Waals surface area (Å²) in [6.45, 7) is 3.15. The molecular formula is C17H28N2O. The van der Waals surface area contributed by atoms with Crippen LogP contribution < -0.4 is 4.74 Å². The minimum Gasteiger partial charge on any atom is -0.497 e. The van der Waals surface area contributed by atoms with Crippen molar-refractivity contribution >= 4 is 5.84 Å². The highest BCUT2D eigenvalue weighted by Crippen LogP contribution is 2.13. The third kappa shape index (κ3) is 5.64. The number of ether oxygens (including phenoxy) is 1. The van der Waals surface area contributed by atoms with Crippen molar-refractivity contribution < 1.29 is 4.74 Å². The summed E-state index contributed by atoms with van der Waals surface area (Å²) in [5, 5.41) is 0. The molecule has 1 rings (SSSR count). The quantitative estimate of drug-likeness (QED) is 0.408. The molecule has 0 saturated heterocycles. The van der Waals surface area contributed by atoms with E-state index in [1.165, 1.54) is 32.1 Å². The molecule has 20 heavy (non-hydrogen) atoms. The Morgan fingerprint density at radius 2 is 1.70 bits per heavy atom. The third-order valence-corrected chi connectivity index (χ3v) is 3.30. The van der Waals surface area contributed by atoms with Gasteiger partial charge in [-0.1, -0.05) is 32.6 Å². The van der Waals surface area contributed by atoms with E-state index in [4.69, 9.17) is 9.73 Å². The maximum atomic E-state index is 5.19. The maximum Gasteiger partial charge on any atom is 0.130 e. The van der Waals surface area contributed by atoms with Crippen molar-refractivity contribution in [1.29, 1.82) is 0 Å². The number of aliphatic imine (C=N–C) groups is 1. The Balaban J connectivity index is 2.58. The van der Waals surface area contributed by atoms with Crippen LogP contribution in [0.2, 0.25) is 0 Å². The lowest BCUT2D eigenvalue weighted by molar-refractivity contribution is 0.414. The molecular weight excluding hydrogens is 248 g/mol. The van der Waals surface area contributed by atoms with E-state index >= 15 is 0 Å². The van der Waals surface area contributed by atoms with Gasteiger partial charge in [0, 0.05) is 26.2 Å². The smallest absolute Gasteiger partial charge is 0.130 e. The molecule has 0 fully saturated rings. The Kier molecular flexibility index (Phi) is 7.78. The standard InChI is InChI=1S/C17H28N2O/c1-5-6-7-8-9-14-18-17(19(2)3)15-10-12-16(20-4)13-11-15/h10-13H,5-9,14H2,1-4H3. The summed E-state index contributed by atoms with van der Waals surface area (Å²) in [5.41, 5.74) is 1.14. The zero-order chi connectivity index (χ0) is 14.8. The second-order valence-electron chi connectivity index (χ2n) is 5.24. The van der Waals surface area contributed by atoms with Crippen LogP contribution in [0.4, 0.5) is 0 Å². The third-order valence-electron chi connectivity index (χ3n) is 3.30. The molecule has 0 spiro atoms. The van der Waals surface area contributed by atoms with Crippen LogP contribution in [-0.4, -0.2) is 38.5 Å². The molecule has 0 heterocycles. The monoisotopic (exact) mass is 276 g/mol. The summed E-state index contributed by atoms with van der Waals surface area (Å²) in [7, 11) is 5.77. The second kappa shape index (κ2) is 9.40. The summed E-state index contributed by atoms with van der Waals surface area (Å²) in [6, 6.07) is 8.09. The van der Waals surface area contributed by atoms with E-state index in [0.29, 0.717) is 0 Å². The number of hydrogen-bond donors (Lipinski definition) is 0. The maximum absolute atomic E-state index is 5.19. The van der Waals surface area contributed by atoms with Crippen molar-refractivity contribution in [2.45, 2.75) is 39.0 Å². The lowest BCUT2D eigenvalue weighted by Crippen LogP contribution is -2.23. The molecule has 112 valence electrons. The fraction of sp³-hybridized carbons (Fsp3) is 0.588. The average Bonchev–Trinajstić information content (AvgIpc) is 2.46. The first-order valence-electron chi connectivity index (χ1n) is 7.55. The summed E-state index contributed by atoms with van der Waals surface area (Å²) in [5.74, 6) is 1.93. The molecule has 0 amide bonds. The normalized spacial score (nSPS) is 11.5. The van der Waals surface area contributed by atoms with Gasteiger partial charge in [-0.05, 0) is 30.7 Å². The first-order chi connectivity index (χ1) is 9.69. The van der Waals surface area contributed by atoms with Gasteiger partial charge in [0.1, 0.15) is 11.6 Å². The van der Waals surface area contributed by atoms with Gasteiger partial charge in [-0.3, -0.25) is 4.99 Å². The van der Waals surface area contributed by atoms with E-state index < -0.39 is 0 Å². The van der Waals surface area contributed by atoms with E-state index in [2.05, 4.69) is 24.0 Å². The Labute approximate surface area is 123 Å². The highest BCUT2D eigenvalue weighted by atomic mass is 16.5. The number of hydrogen-bond acceptors (Lipinski definition) is 2. The highest BCUT2D eigenvalue weighted by molar-refractivity contribution is 5.98. The second-order valence-corrected chi connectivity index (χ2v) is 5.24. The Hall–Kier alpha value is -1.51. The first-order valence-corrected chi connectivity index (χ1v) is 7.55. The zero-order valence-corrected chi connectivity index (χ0v) is 13.4. The minimum atomic E-state index is 0.881. The van der Waals surface area contributed by atoms with Crippen molar-refractivity contribution in [1.82, 2.24) is 4.90 Å². The number of unbranched alkanes of at least 4 members (excludes halogenated alkanes) is 4. The lowest BCUT2D eigenvalue weighted by Gasteiger charge is -2.16. The van der Waals surface area contributed by atoms with Crippen LogP contribution >= 0.6 is 0 Å². The van der Waals surface area contributed by atoms with Crippen LogP contribution in [0.5, 0.6) is 5.75 Å². The van der Waals surface area contributed by atoms with Crippen LogP contribution in [0, 0.1) is 0 Å². The summed E-state index contributed by atoms with van der Waals surface area (Å²) >= 11 is 0. The molecule has 0 aliphatic heterocycles. The van der Waals surface area contributed by atoms with Gasteiger partial charge in [0.25, 0.3) is 0 Å². The zero-order valence-electron chi connectivity index (χ0n) is 13.4. The fourth-order valence-electron chi connectivity index (χ4n) is 2.13. The van der Waals surface area contributed by atoms with E-state index in [1.807, 2.05) is 26.2 Å². The Morgan fingerprint density at radius 3 is 2.25 bits per heavy atom. The van der Waals surface area contributed by atoms with Crippen LogP contribution in [0.3, 0.4) is 0 Å². The van der Waals surface area contributed by atoms with E-state index in [1.54, 1.807) is 7.11 Å². The SMILES string of the molecule is CCCCCCCN=C(c1ccc(OC)cc1)N(C)C. The molecule has 1 aromatic carbocycles. The Bertz CT molecular complexity index is 396. The molecule has 0 unspecified atom stereocenters. The molecule has 0 bridgehead atoms. The number of benzene rings is 1. The van der Waals surface area contributed by atoms with Crippen LogP contribution in [-0.2, 0) is 0 Å². The highest BCUT2D eigenvalue weighted by Gasteiger charge is 2.05. The van der Waals surface area contributed by atoms with E-state index in [-0.39, 0.29) is 0 Å². The van der Waals surface area contributed by atoms with Gasteiger partial charge in [0.2, 0.25) is 0 Å². The van der Waals surface area contributed by atoms with Gasteiger partial charge in [-0.15, -0.1) is 0 Å². The molecule has 3 nitrogen and oxygen atoms in total. The summed E-state index contributed by atoms with van der Waals surface area (Å²) in [6.07, 6.45) is 6.40. The number of methoxy groups -OCH3 is 1. The molecule has 0 saturated carbocycles. The largest absolute Gasteiger partial charge is 0.497 e. The van der Waals surface area contributed by atoms with Crippen molar-refractivity contribution in [2.75, 3.05) is 27.7 Å². The Morgan fingerprint density at radius 1 is 1.05 bits per heavy atom. The molecule has 0 radical (unpaired) electrons. The molecule has 0 aliphatic rings. The predicted octanol–water partition coefficient (Wildman–Crippen LogP) is 3.97. The van der Waals surface area contributed by atoms with Gasteiger partial charge in [-0.25, -0.2) is 0 Å². The van der Waals surface area contributed by atoms with Gasteiger partial charge in [-0.2, -0.15) is 0 Å². The summed E-state index contributed by atoms with van der Waals surface area (Å²) < 4.78 is 5.19. The van der Waals surface area contributed by atoms with Crippen molar-refractivity contribution in [3.05, 3.63) is 29.8 Å². The van der Waals surface area contributed by atoms with Crippen molar-refractivity contribution in [2.24, 2.45) is 4.99 Å². The molecule has 0 atom stereocenters. The number of amidine groups is 1. The van der Waals surface area contributed by atoms with Gasteiger partial charge in [0.15, 0.2) is 0 Å². The molecule has 0 aliphatic carbocycles. The number of nitrogens with zero attached hydrogens (tertiary/aromatic N) is 2. The number of rotatable bonds is 8. The molecule has 3 heteroatoms. The van der Waals surface area contributed by atoms with Crippen LogP contribution in [0.15, 0.2) is 29.3 Å². The van der Waals surface area contributed by atoms with Crippen LogP contribution in [0.25, 0.3) is 0 Å². The van der Waals surface area contributed by atoms with E-state index in [0.717, 1.165) is 23.7 Å². The average molecular weight is 276 g/mol. The fourth-order valence-corrected chi connectivity index (χ4v) is 2.13. The van der Waals surface area contributed by atoms with Crippen LogP contribution in [0.1, 0.15) is 44.6 Å². The molecule has 0 aromatic heterocycles. The predicted molar refractivity (Wildman–Crippen MR) is 86.8 cm³/mol. The van der Waals surface area contributed by atoms with Crippen molar-refractivity contribution in [3.8, 4) is 5.75 Å². The molecule has 0 N–H and O–H groups in total. The van der Waals surface area contributed by atoms with Gasteiger partial charge >= 0.3 is 0 Å².